The molecule has 1 atom stereocenters. The zero-order valence-corrected chi connectivity index (χ0v) is 17.3. The van der Waals surface area contributed by atoms with Crippen molar-refractivity contribution in [3.05, 3.63) is 59.2 Å². The molecule has 0 spiro atoms. The summed E-state index contributed by atoms with van der Waals surface area (Å²) in [4.78, 5) is 8.17. The summed E-state index contributed by atoms with van der Waals surface area (Å²) >= 11 is 0. The minimum absolute atomic E-state index is 0.0930. The van der Waals surface area contributed by atoms with E-state index in [1.165, 1.54) is 6.07 Å². The molecule has 0 amide bonds. The normalized spacial score (nSPS) is 16.4. The second-order valence-electron chi connectivity index (χ2n) is 7.79. The molecule has 1 saturated heterocycles. The fourth-order valence-electron chi connectivity index (χ4n) is 3.75. The number of aromatic nitrogens is 1. The Morgan fingerprint density at radius 2 is 2.00 bits per heavy atom. The van der Waals surface area contributed by atoms with E-state index in [1.807, 2.05) is 28.0 Å². The van der Waals surface area contributed by atoms with Crippen molar-refractivity contribution in [2.45, 2.75) is 26.5 Å². The topological polar surface area (TPSA) is 114 Å². The first-order chi connectivity index (χ1) is 14.4. The number of anilines is 1. The van der Waals surface area contributed by atoms with Crippen LogP contribution in [0.1, 0.15) is 36.9 Å². The summed E-state index contributed by atoms with van der Waals surface area (Å²) in [5, 5.41) is 25.4. The number of halogens is 1. The van der Waals surface area contributed by atoms with E-state index in [0.717, 1.165) is 12.0 Å². The van der Waals surface area contributed by atoms with Gasteiger partial charge in [0, 0.05) is 32.4 Å². The van der Waals surface area contributed by atoms with Crippen LogP contribution in [0.3, 0.4) is 0 Å². The largest absolute Gasteiger partial charge is 0.372 e. The molecule has 3 rings (SSSR count). The van der Waals surface area contributed by atoms with Crippen LogP contribution < -0.4 is 10.7 Å². The molecule has 1 unspecified atom stereocenters. The van der Waals surface area contributed by atoms with Crippen molar-refractivity contribution in [3.63, 3.8) is 0 Å². The first kappa shape index (κ1) is 21.8. The molecule has 1 aromatic carbocycles. The average molecular weight is 414 g/mol. The lowest BCUT2D eigenvalue weighted by Crippen LogP contribution is -2.48. The van der Waals surface area contributed by atoms with Gasteiger partial charge in [-0.15, -0.1) is 5.11 Å². The maximum Gasteiger partial charge on any atom is 0.181 e. The second kappa shape index (κ2) is 9.73. The maximum absolute atomic E-state index is 14.9. The molecule has 8 nitrogen and oxygen atoms in total. The molecule has 2 heterocycles. The van der Waals surface area contributed by atoms with E-state index < -0.39 is 12.0 Å². The summed E-state index contributed by atoms with van der Waals surface area (Å²) in [6.07, 6.45) is 1.59. The van der Waals surface area contributed by atoms with Crippen molar-refractivity contribution < 1.29 is 9.50 Å². The van der Waals surface area contributed by atoms with Gasteiger partial charge in [0.05, 0.1) is 16.9 Å². The van der Waals surface area contributed by atoms with Crippen LogP contribution in [-0.4, -0.2) is 47.0 Å². The number of piperazine rings is 1. The number of nitrogens with one attached hydrogen (secondary N) is 1. The number of rotatable bonds is 6. The van der Waals surface area contributed by atoms with Gasteiger partial charge in [0.25, 0.3) is 0 Å². The molecule has 1 aromatic heterocycles. The van der Waals surface area contributed by atoms with Crippen molar-refractivity contribution in [2.75, 3.05) is 31.1 Å². The highest BCUT2D eigenvalue weighted by Gasteiger charge is 2.27. The van der Waals surface area contributed by atoms with E-state index >= 15 is 0 Å². The number of pyridine rings is 1. The number of aliphatic hydroxyl groups is 1. The fourth-order valence-corrected chi connectivity index (χ4v) is 3.75. The Balaban J connectivity index is 1.84. The van der Waals surface area contributed by atoms with E-state index in [1.54, 1.807) is 12.3 Å². The Bertz CT molecular complexity index is 896. The molecule has 2 aromatic rings. The minimum Gasteiger partial charge on any atom is -0.372 e. The van der Waals surface area contributed by atoms with E-state index in [9.17, 15) is 9.50 Å². The molecular weight excluding hydrogens is 385 g/mol. The molecular formula is C21H28FN7O. The fraction of sp³-hybridized carbons (Fsp3) is 0.429. The van der Waals surface area contributed by atoms with E-state index in [4.69, 9.17) is 11.3 Å². The number of benzene rings is 1. The summed E-state index contributed by atoms with van der Waals surface area (Å²) in [7, 11) is 0. The molecule has 0 saturated carbocycles. The summed E-state index contributed by atoms with van der Waals surface area (Å²) in [5.74, 6) is 4.65. The molecule has 160 valence electrons. The van der Waals surface area contributed by atoms with Crippen molar-refractivity contribution in [1.82, 2.24) is 9.88 Å². The Morgan fingerprint density at radius 3 is 2.60 bits per heavy atom. The third-order valence-corrected chi connectivity index (χ3v) is 5.12. The molecule has 9 heteroatoms. The van der Waals surface area contributed by atoms with E-state index in [0.29, 0.717) is 43.5 Å². The summed E-state index contributed by atoms with van der Waals surface area (Å²) < 4.78 is 14.9. The summed E-state index contributed by atoms with van der Waals surface area (Å²) in [6.45, 7) is 6.42. The van der Waals surface area contributed by atoms with Crippen molar-refractivity contribution in [2.24, 2.45) is 22.1 Å². The number of nitrogens with zero attached hydrogens (tertiary/aromatic N) is 5. The van der Waals surface area contributed by atoms with Crippen LogP contribution in [0.5, 0.6) is 0 Å². The van der Waals surface area contributed by atoms with Gasteiger partial charge in [0.1, 0.15) is 5.82 Å². The highest BCUT2D eigenvalue weighted by atomic mass is 19.1. The van der Waals surface area contributed by atoms with Crippen LogP contribution in [0, 0.1) is 17.1 Å². The van der Waals surface area contributed by atoms with E-state index in [-0.39, 0.29) is 11.4 Å². The molecule has 0 radical (unpaired) electrons. The number of aliphatic hydroxyl groups excluding tert-OH is 1. The quantitative estimate of drug-likeness (QED) is 0.221. The molecule has 0 aliphatic carbocycles. The monoisotopic (exact) mass is 413 g/mol. The molecule has 30 heavy (non-hydrogen) atoms. The SMILES string of the molecule is CC(C)Cc1cc(F)c(C(=N)N=NN)c(N2CCN(C(O)c3ccccn3)CC2)c1. The standard InChI is InChI=1S/C21H28FN7O/c1-14(2)11-15-12-16(22)19(20(23)26-27-24)18(13-15)28-7-9-29(10-8-28)21(30)17-5-3-4-6-25-17/h3-6,12-14,21,30H,7-11H2,1-2H3,(H3,23,24,26). The van der Waals surface area contributed by atoms with Gasteiger partial charge in [-0.2, -0.15) is 0 Å². The third-order valence-electron chi connectivity index (χ3n) is 5.12. The predicted molar refractivity (Wildman–Crippen MR) is 114 cm³/mol. The Morgan fingerprint density at radius 1 is 1.27 bits per heavy atom. The molecule has 1 aliphatic heterocycles. The first-order valence-electron chi connectivity index (χ1n) is 10.0. The first-order valence-corrected chi connectivity index (χ1v) is 10.0. The van der Waals surface area contributed by atoms with Crippen LogP contribution in [0.25, 0.3) is 0 Å². The van der Waals surface area contributed by atoms with Gasteiger partial charge < -0.3 is 15.8 Å². The lowest BCUT2D eigenvalue weighted by molar-refractivity contribution is -0.00478. The molecule has 1 fully saturated rings. The minimum atomic E-state index is -0.791. The van der Waals surface area contributed by atoms with Crippen LogP contribution in [0.2, 0.25) is 0 Å². The average Bonchev–Trinajstić information content (AvgIpc) is 2.73. The zero-order chi connectivity index (χ0) is 21.7. The zero-order valence-electron chi connectivity index (χ0n) is 17.3. The number of hydrogen-bond acceptors (Lipinski definition) is 6. The van der Waals surface area contributed by atoms with Gasteiger partial charge in [0.15, 0.2) is 12.1 Å². The highest BCUT2D eigenvalue weighted by Crippen LogP contribution is 2.29. The Kier molecular flexibility index (Phi) is 7.07. The number of amidine groups is 1. The maximum atomic E-state index is 14.9. The van der Waals surface area contributed by atoms with Crippen molar-refractivity contribution >= 4 is 11.5 Å². The predicted octanol–water partition coefficient (Wildman–Crippen LogP) is 2.88. The van der Waals surface area contributed by atoms with Gasteiger partial charge in [-0.1, -0.05) is 25.1 Å². The lowest BCUT2D eigenvalue weighted by Gasteiger charge is -2.39. The summed E-state index contributed by atoms with van der Waals surface area (Å²) in [5.41, 5.74) is 2.17. The second-order valence-corrected chi connectivity index (χ2v) is 7.79. The Labute approximate surface area is 175 Å². The smallest absolute Gasteiger partial charge is 0.181 e. The van der Waals surface area contributed by atoms with Gasteiger partial charge in [-0.3, -0.25) is 15.3 Å². The van der Waals surface area contributed by atoms with Gasteiger partial charge in [-0.25, -0.2) is 4.39 Å². The van der Waals surface area contributed by atoms with E-state index in [2.05, 4.69) is 29.2 Å². The van der Waals surface area contributed by atoms with Gasteiger partial charge in [-0.05, 0) is 42.2 Å². The van der Waals surface area contributed by atoms with Gasteiger partial charge >= 0.3 is 0 Å². The van der Waals surface area contributed by atoms with Crippen LogP contribution in [0.4, 0.5) is 10.1 Å². The molecule has 1 aliphatic rings. The molecule has 0 bridgehead atoms. The van der Waals surface area contributed by atoms with Gasteiger partial charge in [0.2, 0.25) is 0 Å². The van der Waals surface area contributed by atoms with Crippen LogP contribution in [0.15, 0.2) is 46.9 Å². The van der Waals surface area contributed by atoms with Crippen molar-refractivity contribution in [1.29, 1.82) is 5.41 Å². The van der Waals surface area contributed by atoms with Crippen LogP contribution in [-0.2, 0) is 6.42 Å². The highest BCUT2D eigenvalue weighted by molar-refractivity contribution is 6.02. The number of hydrogen-bond donors (Lipinski definition) is 3. The van der Waals surface area contributed by atoms with Crippen LogP contribution >= 0.6 is 0 Å². The molecule has 4 N–H and O–H groups in total. The number of nitrogens with two attached hydrogens (primary N) is 1. The Hall–Kier alpha value is -2.91. The third kappa shape index (κ3) is 4.98. The lowest BCUT2D eigenvalue weighted by atomic mass is 9.98. The summed E-state index contributed by atoms with van der Waals surface area (Å²) in [6, 6.07) is 8.82. The van der Waals surface area contributed by atoms with Crippen molar-refractivity contribution in [3.8, 4) is 0 Å².